The Labute approximate surface area is 121 Å². The van der Waals surface area contributed by atoms with E-state index in [1.165, 1.54) is 12.2 Å². The Balaban J connectivity index is 2.38. The zero-order valence-corrected chi connectivity index (χ0v) is 11.3. The maximum atomic E-state index is 10.9. The van der Waals surface area contributed by atoms with Crippen LogP contribution in [-0.4, -0.2) is 5.91 Å². The third kappa shape index (κ3) is 3.05. The number of nitrogens with zero attached hydrogens (tertiary/aromatic N) is 1. The van der Waals surface area contributed by atoms with Gasteiger partial charge in [0.15, 0.2) is 0 Å². The molecule has 98 valence electrons. The number of fused-ring (bicyclic) bond motifs is 1. The molecule has 0 aliphatic carbocycles. The number of halogens is 1. The van der Waals surface area contributed by atoms with Crippen LogP contribution in [0.2, 0.25) is 0 Å². The first-order valence-electron chi connectivity index (χ1n) is 5.88. The first-order valence-corrected chi connectivity index (χ1v) is 6.26. The molecule has 2 aromatic rings. The highest BCUT2D eigenvalue weighted by Gasteiger charge is 2.03. The molecule has 4 heteroatoms. The summed E-state index contributed by atoms with van der Waals surface area (Å²) in [6.45, 7) is 0. The van der Waals surface area contributed by atoms with Crippen molar-refractivity contribution in [2.75, 3.05) is 0 Å². The van der Waals surface area contributed by atoms with E-state index in [4.69, 9.17) is 22.6 Å². The number of rotatable bonds is 3. The van der Waals surface area contributed by atoms with E-state index >= 15 is 0 Å². The minimum absolute atomic E-state index is 0.135. The van der Waals surface area contributed by atoms with Crippen molar-refractivity contribution in [3.63, 3.8) is 0 Å². The molecule has 0 saturated heterocycles. The van der Waals surface area contributed by atoms with Gasteiger partial charge in [0.2, 0.25) is 0 Å². The number of carbonyl (C=O) groups excluding carboxylic acids is 1. The second-order valence-electron chi connectivity index (χ2n) is 4.13. The Morgan fingerprint density at radius 3 is 2.50 bits per heavy atom. The lowest BCUT2D eigenvalue weighted by molar-refractivity contribution is -0.114. The summed E-state index contributed by atoms with van der Waals surface area (Å²) in [5.74, 6) is -0.772. The van der Waals surface area contributed by atoms with Crippen molar-refractivity contribution in [3.05, 3.63) is 65.8 Å². The monoisotopic (exact) mass is 282 g/mol. The van der Waals surface area contributed by atoms with Crippen molar-refractivity contribution in [1.29, 1.82) is 5.26 Å². The van der Waals surface area contributed by atoms with Gasteiger partial charge in [-0.2, -0.15) is 5.26 Å². The number of nitrogens with two attached hydrogens (primary N) is 1. The lowest BCUT2D eigenvalue weighted by atomic mass is 10.1. The first-order chi connectivity index (χ1) is 9.61. The number of primary amides is 1. The molecule has 0 spiro atoms. The van der Waals surface area contributed by atoms with Crippen LogP contribution < -0.4 is 5.73 Å². The predicted octanol–water partition coefficient (Wildman–Crippen LogP) is 3.35. The van der Waals surface area contributed by atoms with Crippen molar-refractivity contribution < 1.29 is 4.79 Å². The molecule has 0 aliphatic heterocycles. The molecule has 0 aromatic heterocycles. The number of nitriles is 1. The van der Waals surface area contributed by atoms with Crippen LogP contribution in [0.5, 0.6) is 0 Å². The molecule has 2 aromatic carbocycles. The SMILES string of the molecule is N#CC(=CC=C(Cl)c1ccc2ccccc2c1)C(N)=O. The van der Waals surface area contributed by atoms with Crippen LogP contribution in [0.25, 0.3) is 15.8 Å². The maximum absolute atomic E-state index is 10.9. The molecule has 0 fully saturated rings. The summed E-state index contributed by atoms with van der Waals surface area (Å²) in [4.78, 5) is 10.9. The number of amides is 1. The van der Waals surface area contributed by atoms with Crippen LogP contribution in [0.4, 0.5) is 0 Å². The van der Waals surface area contributed by atoms with Gasteiger partial charge in [-0.05, 0) is 34.6 Å². The summed E-state index contributed by atoms with van der Waals surface area (Å²) >= 11 is 6.17. The highest BCUT2D eigenvalue weighted by molar-refractivity contribution is 6.49. The van der Waals surface area contributed by atoms with Crippen LogP contribution in [0.1, 0.15) is 5.56 Å². The van der Waals surface area contributed by atoms with E-state index in [-0.39, 0.29) is 5.57 Å². The minimum atomic E-state index is -0.772. The van der Waals surface area contributed by atoms with Crippen LogP contribution in [-0.2, 0) is 4.79 Å². The van der Waals surface area contributed by atoms with Crippen molar-refractivity contribution in [1.82, 2.24) is 0 Å². The fourth-order valence-corrected chi connectivity index (χ4v) is 1.95. The van der Waals surface area contributed by atoms with E-state index in [1.807, 2.05) is 42.5 Å². The van der Waals surface area contributed by atoms with Gasteiger partial charge in [-0.25, -0.2) is 0 Å². The van der Waals surface area contributed by atoms with Gasteiger partial charge in [0.1, 0.15) is 11.6 Å². The van der Waals surface area contributed by atoms with E-state index in [0.29, 0.717) is 5.03 Å². The van der Waals surface area contributed by atoms with Crippen molar-refractivity contribution in [2.45, 2.75) is 0 Å². The Morgan fingerprint density at radius 1 is 1.15 bits per heavy atom. The molecular weight excluding hydrogens is 272 g/mol. The van der Waals surface area contributed by atoms with Gasteiger partial charge < -0.3 is 5.73 Å². The Bertz CT molecular complexity index is 769. The summed E-state index contributed by atoms with van der Waals surface area (Å²) in [5, 5.41) is 11.3. The van der Waals surface area contributed by atoms with Gasteiger partial charge in [-0.3, -0.25) is 4.79 Å². The molecule has 1 amide bonds. The molecule has 20 heavy (non-hydrogen) atoms. The van der Waals surface area contributed by atoms with Gasteiger partial charge in [-0.15, -0.1) is 0 Å². The highest BCUT2D eigenvalue weighted by atomic mass is 35.5. The molecule has 0 aliphatic rings. The average Bonchev–Trinajstić information content (AvgIpc) is 2.46. The largest absolute Gasteiger partial charge is 0.365 e. The molecule has 2 N–H and O–H groups in total. The van der Waals surface area contributed by atoms with Gasteiger partial charge in [0.25, 0.3) is 5.91 Å². The fraction of sp³-hybridized carbons (Fsp3) is 0. The van der Waals surface area contributed by atoms with Crippen molar-refractivity contribution in [3.8, 4) is 6.07 Å². The molecule has 0 bridgehead atoms. The Hall–Kier alpha value is -2.57. The fourth-order valence-electron chi connectivity index (χ4n) is 1.77. The normalized spacial score (nSPS) is 12.2. The molecule has 0 heterocycles. The van der Waals surface area contributed by atoms with Gasteiger partial charge >= 0.3 is 0 Å². The van der Waals surface area contributed by atoms with Gasteiger partial charge in [0, 0.05) is 5.03 Å². The summed E-state index contributed by atoms with van der Waals surface area (Å²) < 4.78 is 0. The van der Waals surface area contributed by atoms with E-state index in [9.17, 15) is 4.79 Å². The van der Waals surface area contributed by atoms with E-state index in [1.54, 1.807) is 6.07 Å². The van der Waals surface area contributed by atoms with Gasteiger partial charge in [-0.1, -0.05) is 48.0 Å². The zero-order valence-electron chi connectivity index (χ0n) is 10.5. The minimum Gasteiger partial charge on any atom is -0.365 e. The maximum Gasteiger partial charge on any atom is 0.259 e. The third-order valence-corrected chi connectivity index (χ3v) is 3.15. The molecule has 0 radical (unpaired) electrons. The van der Waals surface area contributed by atoms with E-state index < -0.39 is 5.91 Å². The molecule has 0 atom stereocenters. The average molecular weight is 283 g/mol. The number of hydrogen-bond acceptors (Lipinski definition) is 2. The number of allylic oxidation sites excluding steroid dienone is 2. The zero-order chi connectivity index (χ0) is 14.5. The second kappa shape index (κ2) is 6.05. The van der Waals surface area contributed by atoms with Crippen molar-refractivity contribution >= 4 is 33.3 Å². The molecule has 0 saturated carbocycles. The quantitative estimate of drug-likeness (QED) is 0.533. The number of carbonyl (C=O) groups is 1. The summed E-state index contributed by atoms with van der Waals surface area (Å²) in [6.07, 6.45) is 2.81. The van der Waals surface area contributed by atoms with Crippen LogP contribution in [0.15, 0.2) is 60.2 Å². The molecule has 3 nitrogen and oxygen atoms in total. The number of benzene rings is 2. The van der Waals surface area contributed by atoms with Gasteiger partial charge in [0.05, 0.1) is 0 Å². The van der Waals surface area contributed by atoms with Crippen LogP contribution in [0, 0.1) is 11.3 Å². The standard InChI is InChI=1S/C16H11ClN2O/c17-15(8-7-14(10-18)16(19)20)13-6-5-11-3-1-2-4-12(11)9-13/h1-9H,(H2,19,20). The summed E-state index contributed by atoms with van der Waals surface area (Å²) in [6, 6.07) is 15.4. The Kier molecular flexibility index (Phi) is 4.19. The second-order valence-corrected chi connectivity index (χ2v) is 4.54. The lowest BCUT2D eigenvalue weighted by Gasteiger charge is -2.02. The molecule has 2 rings (SSSR count). The van der Waals surface area contributed by atoms with Crippen LogP contribution in [0.3, 0.4) is 0 Å². The van der Waals surface area contributed by atoms with E-state index in [2.05, 4.69) is 0 Å². The molecular formula is C16H11ClN2O. The topological polar surface area (TPSA) is 66.9 Å². The molecule has 0 unspecified atom stereocenters. The van der Waals surface area contributed by atoms with Crippen molar-refractivity contribution in [2.24, 2.45) is 5.73 Å². The highest BCUT2D eigenvalue weighted by Crippen LogP contribution is 2.24. The smallest absolute Gasteiger partial charge is 0.259 e. The lowest BCUT2D eigenvalue weighted by Crippen LogP contribution is -2.12. The van der Waals surface area contributed by atoms with E-state index in [0.717, 1.165) is 16.3 Å². The Morgan fingerprint density at radius 2 is 1.85 bits per heavy atom. The third-order valence-electron chi connectivity index (χ3n) is 2.81. The summed E-state index contributed by atoms with van der Waals surface area (Å²) in [5.41, 5.74) is 5.72. The summed E-state index contributed by atoms with van der Waals surface area (Å²) in [7, 11) is 0. The predicted molar refractivity (Wildman–Crippen MR) is 80.7 cm³/mol. The first kappa shape index (κ1) is 13.9. The number of hydrogen-bond donors (Lipinski definition) is 1. The van der Waals surface area contributed by atoms with Crippen LogP contribution >= 0.6 is 11.6 Å².